The summed E-state index contributed by atoms with van der Waals surface area (Å²) in [6, 6.07) is 5.58. The van der Waals surface area contributed by atoms with E-state index in [0.29, 0.717) is 11.1 Å². The molecule has 0 aliphatic heterocycles. The smallest absolute Gasteiger partial charge is 0.269 e. The molecule has 0 atom stereocenters. The van der Waals surface area contributed by atoms with Crippen LogP contribution in [0.5, 0.6) is 0 Å². The van der Waals surface area contributed by atoms with Gasteiger partial charge in [0.05, 0.1) is 12.1 Å². The van der Waals surface area contributed by atoms with Crippen molar-refractivity contribution >= 4 is 11.6 Å². The summed E-state index contributed by atoms with van der Waals surface area (Å²) in [4.78, 5) is 24.1. The Labute approximate surface area is 129 Å². The summed E-state index contributed by atoms with van der Waals surface area (Å²) >= 11 is 0. The van der Waals surface area contributed by atoms with Crippen LogP contribution in [0.1, 0.15) is 34.1 Å². The maximum Gasteiger partial charge on any atom is 0.269 e. The number of carbonyl (C=O) groups excluding carboxylic acids is 1. The average Bonchev–Trinajstić information content (AvgIpc) is 2.72. The Bertz CT molecular complexity index is 743. The number of hydrogen-bond donors (Lipinski definition) is 3. The molecule has 1 heterocycles. The molecular formula is C16H22N4O2. The SMILES string of the molecule is CCNc1cccc(C(=O)NCc2c(C)n(C)[nH]c2=O)c1C. The van der Waals surface area contributed by atoms with Crippen LogP contribution in [0.4, 0.5) is 5.69 Å². The van der Waals surface area contributed by atoms with Crippen LogP contribution in [0.25, 0.3) is 0 Å². The fourth-order valence-electron chi connectivity index (χ4n) is 2.41. The summed E-state index contributed by atoms with van der Waals surface area (Å²) in [6.07, 6.45) is 0. The van der Waals surface area contributed by atoms with E-state index in [4.69, 9.17) is 0 Å². The maximum absolute atomic E-state index is 12.4. The first-order valence-electron chi connectivity index (χ1n) is 7.31. The van der Waals surface area contributed by atoms with Gasteiger partial charge in [-0.1, -0.05) is 6.07 Å². The Morgan fingerprint density at radius 3 is 2.64 bits per heavy atom. The van der Waals surface area contributed by atoms with Crippen molar-refractivity contribution in [2.75, 3.05) is 11.9 Å². The predicted molar refractivity (Wildman–Crippen MR) is 87.3 cm³/mol. The highest BCUT2D eigenvalue weighted by Gasteiger charge is 2.14. The third kappa shape index (κ3) is 3.05. The summed E-state index contributed by atoms with van der Waals surface area (Å²) in [5.41, 5.74) is 3.70. The van der Waals surface area contributed by atoms with Crippen LogP contribution in [-0.2, 0) is 13.6 Å². The number of nitrogens with one attached hydrogen (secondary N) is 3. The minimum atomic E-state index is -0.181. The number of aromatic nitrogens is 2. The third-order valence-corrected chi connectivity index (χ3v) is 3.85. The first-order chi connectivity index (χ1) is 10.5. The average molecular weight is 302 g/mol. The Morgan fingerprint density at radius 2 is 2.05 bits per heavy atom. The monoisotopic (exact) mass is 302 g/mol. The quantitative estimate of drug-likeness (QED) is 0.786. The Kier molecular flexibility index (Phi) is 4.70. The fraction of sp³-hybridized carbons (Fsp3) is 0.375. The largest absolute Gasteiger partial charge is 0.385 e. The van der Waals surface area contributed by atoms with Gasteiger partial charge in [0.25, 0.3) is 11.5 Å². The lowest BCUT2D eigenvalue weighted by Gasteiger charge is -2.12. The number of carbonyl (C=O) groups is 1. The molecule has 0 spiro atoms. The molecule has 2 aromatic rings. The second-order valence-corrected chi connectivity index (χ2v) is 5.26. The standard InChI is InChI=1S/C16H22N4O2/c1-5-17-14-8-6-7-12(10(14)2)15(21)18-9-13-11(3)20(4)19-16(13)22/h6-8,17H,5,9H2,1-4H3,(H,18,21)(H,19,22). The number of aryl methyl sites for hydroxylation is 1. The highest BCUT2D eigenvalue weighted by molar-refractivity contribution is 5.97. The molecule has 0 saturated carbocycles. The first kappa shape index (κ1) is 15.9. The number of amides is 1. The van der Waals surface area contributed by atoms with Crippen LogP contribution in [0.3, 0.4) is 0 Å². The summed E-state index contributed by atoms with van der Waals surface area (Å²) in [5.74, 6) is -0.181. The lowest BCUT2D eigenvalue weighted by Crippen LogP contribution is -2.26. The Balaban J connectivity index is 2.16. The zero-order chi connectivity index (χ0) is 16.3. The molecule has 0 radical (unpaired) electrons. The number of H-pyrrole nitrogens is 1. The number of hydrogen-bond acceptors (Lipinski definition) is 3. The summed E-state index contributed by atoms with van der Waals surface area (Å²) in [6.45, 7) is 6.77. The summed E-state index contributed by atoms with van der Waals surface area (Å²) in [5, 5.41) is 8.72. The van der Waals surface area contributed by atoms with Crippen molar-refractivity contribution in [3.8, 4) is 0 Å². The van der Waals surface area contributed by atoms with E-state index in [0.717, 1.165) is 23.5 Å². The van der Waals surface area contributed by atoms with E-state index < -0.39 is 0 Å². The van der Waals surface area contributed by atoms with Gasteiger partial charge < -0.3 is 10.6 Å². The minimum absolute atomic E-state index is 0.168. The first-order valence-corrected chi connectivity index (χ1v) is 7.31. The van der Waals surface area contributed by atoms with Gasteiger partial charge in [-0.3, -0.25) is 19.4 Å². The zero-order valence-electron chi connectivity index (χ0n) is 13.4. The van der Waals surface area contributed by atoms with Gasteiger partial charge in [-0.15, -0.1) is 0 Å². The Hall–Kier alpha value is -2.50. The van der Waals surface area contributed by atoms with Crippen molar-refractivity contribution in [2.24, 2.45) is 7.05 Å². The molecule has 6 heteroatoms. The van der Waals surface area contributed by atoms with E-state index in [2.05, 4.69) is 15.7 Å². The van der Waals surface area contributed by atoms with Gasteiger partial charge in [-0.25, -0.2) is 0 Å². The normalized spacial score (nSPS) is 10.5. The van der Waals surface area contributed by atoms with Crippen LogP contribution in [0.15, 0.2) is 23.0 Å². The van der Waals surface area contributed by atoms with Gasteiger partial charge >= 0.3 is 0 Å². The summed E-state index contributed by atoms with van der Waals surface area (Å²) < 4.78 is 1.65. The molecule has 0 saturated heterocycles. The van der Waals surface area contributed by atoms with E-state index in [9.17, 15) is 9.59 Å². The van der Waals surface area contributed by atoms with Crippen molar-refractivity contribution < 1.29 is 4.79 Å². The van der Waals surface area contributed by atoms with Gasteiger partial charge in [-0.05, 0) is 38.5 Å². The number of benzene rings is 1. The van der Waals surface area contributed by atoms with Crippen molar-refractivity contribution in [3.63, 3.8) is 0 Å². The van der Waals surface area contributed by atoms with E-state index in [1.807, 2.05) is 32.9 Å². The van der Waals surface area contributed by atoms with Gasteiger partial charge in [-0.2, -0.15) is 0 Å². The zero-order valence-corrected chi connectivity index (χ0v) is 13.4. The lowest BCUT2D eigenvalue weighted by molar-refractivity contribution is 0.0950. The molecule has 0 aliphatic rings. The number of aromatic amines is 1. The minimum Gasteiger partial charge on any atom is -0.385 e. The molecule has 0 fully saturated rings. The third-order valence-electron chi connectivity index (χ3n) is 3.85. The molecule has 0 aliphatic carbocycles. The van der Waals surface area contributed by atoms with Crippen LogP contribution < -0.4 is 16.2 Å². The molecule has 1 amide bonds. The number of anilines is 1. The molecule has 1 aromatic heterocycles. The second kappa shape index (κ2) is 6.51. The number of nitrogens with zero attached hydrogens (tertiary/aromatic N) is 1. The van der Waals surface area contributed by atoms with Crippen molar-refractivity contribution in [3.05, 3.63) is 50.9 Å². The van der Waals surface area contributed by atoms with Gasteiger partial charge in [0, 0.05) is 30.5 Å². The molecule has 22 heavy (non-hydrogen) atoms. The molecule has 2 rings (SSSR count). The molecular weight excluding hydrogens is 280 g/mol. The number of rotatable bonds is 5. The highest BCUT2D eigenvalue weighted by atomic mass is 16.2. The van der Waals surface area contributed by atoms with Crippen molar-refractivity contribution in [1.29, 1.82) is 0 Å². The second-order valence-electron chi connectivity index (χ2n) is 5.26. The maximum atomic E-state index is 12.4. The van der Waals surface area contributed by atoms with Crippen LogP contribution >= 0.6 is 0 Å². The Morgan fingerprint density at radius 1 is 1.32 bits per heavy atom. The van der Waals surface area contributed by atoms with E-state index >= 15 is 0 Å². The van der Waals surface area contributed by atoms with Gasteiger partial charge in [0.1, 0.15) is 0 Å². The topological polar surface area (TPSA) is 78.9 Å². The molecule has 1 aromatic carbocycles. The molecule has 0 bridgehead atoms. The lowest BCUT2D eigenvalue weighted by atomic mass is 10.1. The molecule has 3 N–H and O–H groups in total. The van der Waals surface area contributed by atoms with Crippen molar-refractivity contribution in [1.82, 2.24) is 15.1 Å². The highest BCUT2D eigenvalue weighted by Crippen LogP contribution is 2.18. The predicted octanol–water partition coefficient (Wildman–Crippen LogP) is 1.69. The van der Waals surface area contributed by atoms with E-state index in [-0.39, 0.29) is 18.0 Å². The van der Waals surface area contributed by atoms with Crippen LogP contribution in [0, 0.1) is 13.8 Å². The summed E-state index contributed by atoms with van der Waals surface area (Å²) in [7, 11) is 1.77. The van der Waals surface area contributed by atoms with Crippen molar-refractivity contribution in [2.45, 2.75) is 27.3 Å². The molecule has 0 unspecified atom stereocenters. The van der Waals surface area contributed by atoms with Gasteiger partial charge in [0.2, 0.25) is 0 Å². The van der Waals surface area contributed by atoms with Gasteiger partial charge in [0.15, 0.2) is 0 Å². The molecule has 6 nitrogen and oxygen atoms in total. The van der Waals surface area contributed by atoms with E-state index in [1.54, 1.807) is 17.8 Å². The molecule has 118 valence electrons. The van der Waals surface area contributed by atoms with E-state index in [1.165, 1.54) is 0 Å². The van der Waals surface area contributed by atoms with Crippen LogP contribution in [-0.4, -0.2) is 22.2 Å². The fourth-order valence-corrected chi connectivity index (χ4v) is 2.41. The van der Waals surface area contributed by atoms with Crippen LogP contribution in [0.2, 0.25) is 0 Å².